The van der Waals surface area contributed by atoms with Crippen molar-refractivity contribution in [2.24, 2.45) is 5.73 Å². The van der Waals surface area contributed by atoms with Crippen LogP contribution in [0.25, 0.3) is 0 Å². The van der Waals surface area contributed by atoms with Crippen LogP contribution in [0, 0.1) is 5.41 Å². The Morgan fingerprint density at radius 3 is 2.23 bits per heavy atom. The maximum atomic E-state index is 10.8. The number of carbonyl (C=O) groups excluding carboxylic acids is 1. The van der Waals surface area contributed by atoms with Gasteiger partial charge in [0, 0.05) is 38.3 Å². The first-order valence-electron chi connectivity index (χ1n) is 7.90. The molecule has 9 nitrogen and oxygen atoms in total. The number of urea groups is 1. The minimum absolute atomic E-state index is 0. The Hall–Kier alpha value is -2.39. The van der Waals surface area contributed by atoms with E-state index in [0.29, 0.717) is 36.9 Å². The highest BCUT2D eigenvalue weighted by Gasteiger charge is 2.22. The summed E-state index contributed by atoms with van der Waals surface area (Å²) in [6, 6.07) is 3.10. The number of hydrogen-bond acceptors (Lipinski definition) is 6. The van der Waals surface area contributed by atoms with E-state index >= 15 is 0 Å². The fraction of sp³-hybridized carbons (Fsp3) is 0.500. The molecule has 1 aromatic carbocycles. The van der Waals surface area contributed by atoms with E-state index in [1.54, 1.807) is 26.2 Å². The lowest BCUT2D eigenvalue weighted by Crippen LogP contribution is -2.53. The number of carbonyl (C=O) groups is 1. The number of primary amides is 1. The molecule has 1 aliphatic rings. The topological polar surface area (TPSA) is 113 Å². The summed E-state index contributed by atoms with van der Waals surface area (Å²) in [5.41, 5.74) is 6.05. The molecule has 2 amide bonds. The van der Waals surface area contributed by atoms with Crippen LogP contribution in [0.15, 0.2) is 12.1 Å². The minimum atomic E-state index is -0.720. The van der Waals surface area contributed by atoms with E-state index < -0.39 is 6.03 Å². The molecular weight excluding hydrogens is 362 g/mol. The Labute approximate surface area is 159 Å². The van der Waals surface area contributed by atoms with Crippen LogP contribution >= 0.6 is 12.4 Å². The standard InChI is InChI=1S/C16H25N5O4.ClH/c1-23-12-5-4-11(13(24-2)14(12)25-3)10-20-6-8-21(9-7-20)15(17)19-16(18)22;/h4-5H,6-10H2,1-3H3,(H4,17,18,19,22);1H. The van der Waals surface area contributed by atoms with Gasteiger partial charge in [-0.25, -0.2) is 4.79 Å². The largest absolute Gasteiger partial charge is 0.493 e. The van der Waals surface area contributed by atoms with Gasteiger partial charge in [0.15, 0.2) is 17.5 Å². The van der Waals surface area contributed by atoms with E-state index in [9.17, 15) is 4.79 Å². The molecule has 146 valence electrons. The first kappa shape index (κ1) is 21.7. The van der Waals surface area contributed by atoms with Gasteiger partial charge in [-0.3, -0.25) is 15.6 Å². The van der Waals surface area contributed by atoms with Crippen LogP contribution < -0.4 is 25.3 Å². The molecule has 0 spiro atoms. The number of ether oxygens (including phenoxy) is 3. The van der Waals surface area contributed by atoms with Crippen LogP contribution in [-0.2, 0) is 6.54 Å². The highest BCUT2D eigenvalue weighted by molar-refractivity contribution is 5.93. The number of halogens is 1. The van der Waals surface area contributed by atoms with Gasteiger partial charge >= 0.3 is 6.03 Å². The SMILES string of the molecule is COc1ccc(CN2CCN(C(=N)NC(N)=O)CC2)c(OC)c1OC.Cl. The molecule has 1 aliphatic heterocycles. The quantitative estimate of drug-likeness (QED) is 0.510. The molecule has 0 bridgehead atoms. The van der Waals surface area contributed by atoms with Crippen LogP contribution in [0.5, 0.6) is 17.2 Å². The van der Waals surface area contributed by atoms with Crippen molar-refractivity contribution in [2.75, 3.05) is 47.5 Å². The van der Waals surface area contributed by atoms with E-state index in [1.807, 2.05) is 12.1 Å². The first-order valence-corrected chi connectivity index (χ1v) is 7.90. The van der Waals surface area contributed by atoms with Gasteiger partial charge in [-0.2, -0.15) is 0 Å². The number of guanidine groups is 1. The van der Waals surface area contributed by atoms with E-state index in [4.69, 9.17) is 25.4 Å². The third-order valence-corrected chi connectivity index (χ3v) is 4.11. The van der Waals surface area contributed by atoms with Crippen molar-refractivity contribution in [3.8, 4) is 17.2 Å². The Morgan fingerprint density at radius 2 is 1.73 bits per heavy atom. The second kappa shape index (κ2) is 9.93. The molecule has 10 heteroatoms. The fourth-order valence-electron chi connectivity index (χ4n) is 2.85. The van der Waals surface area contributed by atoms with Crippen LogP contribution in [-0.4, -0.2) is 69.3 Å². The summed E-state index contributed by atoms with van der Waals surface area (Å²) in [7, 11) is 4.78. The van der Waals surface area contributed by atoms with Crippen molar-refractivity contribution >= 4 is 24.4 Å². The normalized spacial score (nSPS) is 14.2. The average Bonchev–Trinajstić information content (AvgIpc) is 2.61. The number of amides is 2. The van der Waals surface area contributed by atoms with Crippen LogP contribution in [0.2, 0.25) is 0 Å². The van der Waals surface area contributed by atoms with E-state index in [0.717, 1.165) is 18.7 Å². The maximum Gasteiger partial charge on any atom is 0.318 e. The van der Waals surface area contributed by atoms with Gasteiger partial charge in [-0.05, 0) is 6.07 Å². The highest BCUT2D eigenvalue weighted by Crippen LogP contribution is 2.40. The monoisotopic (exact) mass is 387 g/mol. The number of nitrogens with one attached hydrogen (secondary N) is 2. The predicted molar refractivity (Wildman–Crippen MR) is 101 cm³/mol. The van der Waals surface area contributed by atoms with E-state index in [2.05, 4.69) is 10.2 Å². The molecule has 4 N–H and O–H groups in total. The number of methoxy groups -OCH3 is 3. The van der Waals surface area contributed by atoms with Crippen LogP contribution in [0.1, 0.15) is 5.56 Å². The van der Waals surface area contributed by atoms with Gasteiger partial charge in [-0.1, -0.05) is 6.07 Å². The Bertz CT molecular complexity index is 635. The van der Waals surface area contributed by atoms with Crippen LogP contribution in [0.4, 0.5) is 4.79 Å². The van der Waals surface area contributed by atoms with Crippen molar-refractivity contribution in [3.05, 3.63) is 17.7 Å². The minimum Gasteiger partial charge on any atom is -0.493 e. The predicted octanol–water partition coefficient (Wildman–Crippen LogP) is 0.855. The number of benzene rings is 1. The summed E-state index contributed by atoms with van der Waals surface area (Å²) in [4.78, 5) is 14.9. The van der Waals surface area contributed by atoms with Crippen LogP contribution in [0.3, 0.4) is 0 Å². The number of rotatable bonds is 5. The van der Waals surface area contributed by atoms with Gasteiger partial charge < -0.3 is 24.8 Å². The smallest absolute Gasteiger partial charge is 0.318 e. The lowest BCUT2D eigenvalue weighted by Gasteiger charge is -2.36. The van der Waals surface area contributed by atoms with Gasteiger partial charge in [0.25, 0.3) is 0 Å². The zero-order valence-corrected chi connectivity index (χ0v) is 16.0. The molecule has 0 saturated carbocycles. The number of piperazine rings is 1. The lowest BCUT2D eigenvalue weighted by molar-refractivity contribution is 0.170. The third-order valence-electron chi connectivity index (χ3n) is 4.11. The highest BCUT2D eigenvalue weighted by atomic mass is 35.5. The Kier molecular flexibility index (Phi) is 8.27. The van der Waals surface area contributed by atoms with E-state index in [1.165, 1.54) is 0 Å². The molecule has 0 unspecified atom stereocenters. The average molecular weight is 388 g/mol. The summed E-state index contributed by atoms with van der Waals surface area (Å²) in [5, 5.41) is 10.1. The molecule has 2 rings (SSSR count). The van der Waals surface area contributed by atoms with Crippen molar-refractivity contribution in [2.45, 2.75) is 6.54 Å². The van der Waals surface area contributed by atoms with Gasteiger partial charge in [0.05, 0.1) is 21.3 Å². The summed E-state index contributed by atoms with van der Waals surface area (Å²) in [6.07, 6.45) is 0. The van der Waals surface area contributed by atoms with E-state index in [-0.39, 0.29) is 18.4 Å². The van der Waals surface area contributed by atoms with Crippen molar-refractivity contribution in [3.63, 3.8) is 0 Å². The zero-order valence-electron chi connectivity index (χ0n) is 15.2. The number of nitrogens with zero attached hydrogens (tertiary/aromatic N) is 2. The second-order valence-electron chi connectivity index (χ2n) is 5.59. The molecular formula is C16H26ClN5O4. The second-order valence-corrected chi connectivity index (χ2v) is 5.59. The number of nitrogens with two attached hydrogens (primary N) is 1. The van der Waals surface area contributed by atoms with Crippen molar-refractivity contribution < 1.29 is 19.0 Å². The first-order chi connectivity index (χ1) is 12.0. The Morgan fingerprint density at radius 1 is 1.12 bits per heavy atom. The molecule has 1 fully saturated rings. The Balaban J connectivity index is 0.00000338. The summed E-state index contributed by atoms with van der Waals surface area (Å²) in [6.45, 7) is 3.46. The summed E-state index contributed by atoms with van der Waals surface area (Å²) >= 11 is 0. The van der Waals surface area contributed by atoms with Gasteiger partial charge in [-0.15, -0.1) is 12.4 Å². The molecule has 0 radical (unpaired) electrons. The van der Waals surface area contributed by atoms with Gasteiger partial charge in [0.2, 0.25) is 5.75 Å². The van der Waals surface area contributed by atoms with Crippen molar-refractivity contribution in [1.82, 2.24) is 15.1 Å². The third kappa shape index (κ3) is 5.06. The molecule has 1 saturated heterocycles. The maximum absolute atomic E-state index is 10.8. The lowest BCUT2D eigenvalue weighted by atomic mass is 10.1. The van der Waals surface area contributed by atoms with Gasteiger partial charge in [0.1, 0.15) is 0 Å². The molecule has 0 atom stereocenters. The molecule has 0 aromatic heterocycles. The fourth-order valence-corrected chi connectivity index (χ4v) is 2.85. The molecule has 26 heavy (non-hydrogen) atoms. The molecule has 0 aliphatic carbocycles. The number of hydrogen-bond donors (Lipinski definition) is 3. The van der Waals surface area contributed by atoms with Crippen molar-refractivity contribution in [1.29, 1.82) is 5.41 Å². The molecule has 1 aromatic rings. The summed E-state index contributed by atoms with van der Waals surface area (Å²) in [5.74, 6) is 1.90. The zero-order chi connectivity index (χ0) is 18.4. The summed E-state index contributed by atoms with van der Waals surface area (Å²) < 4.78 is 16.2. The molecule has 1 heterocycles.